The molecule has 2 saturated heterocycles. The highest BCUT2D eigenvalue weighted by Gasteiger charge is 2.63. The van der Waals surface area contributed by atoms with Gasteiger partial charge in [-0.15, -0.1) is 11.8 Å². The zero-order valence-corrected chi connectivity index (χ0v) is 15.6. The standard InChI is InChI=1S/C14H20BrNO5S/c1-13(2,3)12(19)21-6-20-11(18)8-14(4,5)22-10-7(15)9(17)16(8)10/h7-8,10H,6H2,1-5H3/t7-,8+,10-/m1/s1. The second kappa shape index (κ2) is 5.70. The summed E-state index contributed by atoms with van der Waals surface area (Å²) in [6.45, 7) is 8.51. The third-order valence-electron chi connectivity index (χ3n) is 3.60. The molecule has 2 aliphatic rings. The van der Waals surface area contributed by atoms with Crippen molar-refractivity contribution in [3.63, 3.8) is 0 Å². The number of carbonyl (C=O) groups excluding carboxylic acids is 3. The molecular weight excluding hydrogens is 374 g/mol. The zero-order valence-electron chi connectivity index (χ0n) is 13.2. The molecule has 22 heavy (non-hydrogen) atoms. The van der Waals surface area contributed by atoms with E-state index in [9.17, 15) is 14.4 Å². The van der Waals surface area contributed by atoms with Gasteiger partial charge in [0.05, 0.1) is 5.41 Å². The van der Waals surface area contributed by atoms with Crippen LogP contribution in [0.2, 0.25) is 0 Å². The Labute approximate surface area is 142 Å². The fourth-order valence-corrected chi connectivity index (χ4v) is 4.73. The van der Waals surface area contributed by atoms with Crippen LogP contribution in [0.3, 0.4) is 0 Å². The van der Waals surface area contributed by atoms with Gasteiger partial charge < -0.3 is 14.4 Å². The number of carbonyl (C=O) groups is 3. The Morgan fingerprint density at radius 3 is 2.45 bits per heavy atom. The van der Waals surface area contributed by atoms with Gasteiger partial charge in [-0.25, -0.2) is 4.79 Å². The molecule has 1 amide bonds. The number of ether oxygens (including phenoxy) is 2. The molecule has 0 N–H and O–H groups in total. The number of esters is 2. The Hall–Kier alpha value is -0.760. The van der Waals surface area contributed by atoms with Crippen LogP contribution in [0, 0.1) is 5.41 Å². The topological polar surface area (TPSA) is 72.9 Å². The number of hydrogen-bond acceptors (Lipinski definition) is 6. The summed E-state index contributed by atoms with van der Waals surface area (Å²) in [7, 11) is 0. The minimum absolute atomic E-state index is 0.0582. The Balaban J connectivity index is 1.95. The lowest BCUT2D eigenvalue weighted by Gasteiger charge is -2.41. The first-order valence-corrected chi connectivity index (χ1v) is 8.74. The van der Waals surface area contributed by atoms with Gasteiger partial charge >= 0.3 is 11.9 Å². The van der Waals surface area contributed by atoms with Crippen molar-refractivity contribution in [3.05, 3.63) is 0 Å². The van der Waals surface area contributed by atoms with Crippen LogP contribution in [0.4, 0.5) is 0 Å². The van der Waals surface area contributed by atoms with Gasteiger partial charge in [0, 0.05) is 4.75 Å². The van der Waals surface area contributed by atoms with E-state index in [1.807, 2.05) is 13.8 Å². The van der Waals surface area contributed by atoms with Gasteiger partial charge in [0.15, 0.2) is 0 Å². The second-order valence-corrected chi connectivity index (χ2v) is 9.68. The molecule has 2 heterocycles. The molecule has 0 spiro atoms. The molecule has 0 aliphatic carbocycles. The molecule has 0 aromatic carbocycles. The van der Waals surface area contributed by atoms with Crippen molar-refractivity contribution < 1.29 is 23.9 Å². The minimum Gasteiger partial charge on any atom is -0.427 e. The van der Waals surface area contributed by atoms with Gasteiger partial charge in [-0.3, -0.25) is 9.59 Å². The van der Waals surface area contributed by atoms with Crippen molar-refractivity contribution >= 4 is 45.5 Å². The first-order valence-electron chi connectivity index (χ1n) is 6.95. The van der Waals surface area contributed by atoms with Crippen LogP contribution in [0.5, 0.6) is 0 Å². The molecule has 124 valence electrons. The lowest BCUT2D eigenvalue weighted by Crippen LogP contribution is -2.63. The number of thioether (sulfide) groups is 1. The largest absolute Gasteiger partial charge is 0.427 e. The maximum atomic E-state index is 12.3. The van der Waals surface area contributed by atoms with Gasteiger partial charge in [-0.1, -0.05) is 15.9 Å². The average Bonchev–Trinajstić information content (AvgIpc) is 2.65. The smallest absolute Gasteiger partial charge is 0.333 e. The van der Waals surface area contributed by atoms with Gasteiger partial charge in [0.25, 0.3) is 0 Å². The van der Waals surface area contributed by atoms with E-state index < -0.39 is 34.9 Å². The number of hydrogen-bond donors (Lipinski definition) is 0. The van der Waals surface area contributed by atoms with Crippen LogP contribution >= 0.6 is 27.7 Å². The number of β-lactam (4-membered cyclic amide) rings is 1. The highest BCUT2D eigenvalue weighted by molar-refractivity contribution is 9.10. The highest BCUT2D eigenvalue weighted by Crippen LogP contribution is 2.52. The average molecular weight is 394 g/mol. The van der Waals surface area contributed by atoms with Gasteiger partial charge in [-0.05, 0) is 34.6 Å². The quantitative estimate of drug-likeness (QED) is 0.315. The normalized spacial score (nSPS) is 29.6. The van der Waals surface area contributed by atoms with Crippen LogP contribution in [0.15, 0.2) is 0 Å². The van der Waals surface area contributed by atoms with Crippen molar-refractivity contribution in [1.29, 1.82) is 0 Å². The molecule has 6 nitrogen and oxygen atoms in total. The molecule has 0 aromatic heterocycles. The Kier molecular flexibility index (Phi) is 4.56. The summed E-state index contributed by atoms with van der Waals surface area (Å²) in [5, 5.41) is -0.0582. The molecule has 2 rings (SSSR count). The fraction of sp³-hybridized carbons (Fsp3) is 0.786. The van der Waals surface area contributed by atoms with Crippen molar-refractivity contribution in [2.75, 3.05) is 6.79 Å². The van der Waals surface area contributed by atoms with Crippen molar-refractivity contribution in [3.8, 4) is 0 Å². The molecule has 0 aromatic rings. The van der Waals surface area contributed by atoms with Crippen molar-refractivity contribution in [2.24, 2.45) is 5.41 Å². The number of alkyl halides is 1. The van der Waals surface area contributed by atoms with E-state index in [-0.39, 0.29) is 16.1 Å². The van der Waals surface area contributed by atoms with Crippen LogP contribution in [-0.4, -0.2) is 50.5 Å². The molecule has 3 atom stereocenters. The summed E-state index contributed by atoms with van der Waals surface area (Å²) in [5.74, 6) is -1.11. The van der Waals surface area contributed by atoms with Crippen LogP contribution < -0.4 is 0 Å². The minimum atomic E-state index is -0.669. The third kappa shape index (κ3) is 2.99. The van der Waals surface area contributed by atoms with E-state index in [2.05, 4.69) is 15.9 Å². The van der Waals surface area contributed by atoms with E-state index >= 15 is 0 Å². The first-order chi connectivity index (χ1) is 9.97. The molecule has 0 bridgehead atoms. The Morgan fingerprint density at radius 1 is 1.32 bits per heavy atom. The molecule has 2 aliphatic heterocycles. The molecule has 8 heteroatoms. The van der Waals surface area contributed by atoms with Crippen molar-refractivity contribution in [1.82, 2.24) is 4.90 Å². The number of rotatable bonds is 3. The van der Waals surface area contributed by atoms with Crippen LogP contribution in [0.1, 0.15) is 34.6 Å². The number of nitrogens with zero attached hydrogens (tertiary/aromatic N) is 1. The summed E-state index contributed by atoms with van der Waals surface area (Å²) < 4.78 is 9.54. The lowest BCUT2D eigenvalue weighted by molar-refractivity contribution is -0.179. The summed E-state index contributed by atoms with van der Waals surface area (Å²) in [6, 6.07) is -0.669. The molecule has 2 fully saturated rings. The summed E-state index contributed by atoms with van der Waals surface area (Å²) in [6.07, 6.45) is 0. The van der Waals surface area contributed by atoms with Gasteiger partial charge in [0.2, 0.25) is 12.7 Å². The summed E-state index contributed by atoms with van der Waals surface area (Å²) in [5.41, 5.74) is -0.656. The van der Waals surface area contributed by atoms with Crippen molar-refractivity contribution in [2.45, 2.75) is 55.6 Å². The van der Waals surface area contributed by atoms with Gasteiger partial charge in [-0.2, -0.15) is 0 Å². The first kappa shape index (κ1) is 17.6. The van der Waals surface area contributed by atoms with Crippen LogP contribution in [-0.2, 0) is 23.9 Å². The Bertz CT molecular complexity index is 516. The monoisotopic (exact) mass is 393 g/mol. The summed E-state index contributed by atoms with van der Waals surface area (Å²) >= 11 is 4.88. The molecular formula is C14H20BrNO5S. The van der Waals surface area contributed by atoms with E-state index in [1.54, 1.807) is 32.5 Å². The number of halogens is 1. The molecule has 0 radical (unpaired) electrons. The maximum absolute atomic E-state index is 12.3. The van der Waals surface area contributed by atoms with E-state index in [0.717, 1.165) is 0 Å². The fourth-order valence-electron chi connectivity index (χ4n) is 2.38. The SMILES string of the molecule is CC(C)(C)C(=O)OCOC(=O)[C@@H]1N2C(=O)[C@@H](Br)[C@H]2SC1(C)C. The van der Waals surface area contributed by atoms with Crippen LogP contribution in [0.25, 0.3) is 0 Å². The maximum Gasteiger partial charge on any atom is 0.333 e. The zero-order chi connectivity index (χ0) is 16.9. The third-order valence-corrected chi connectivity index (χ3v) is 6.42. The lowest BCUT2D eigenvalue weighted by atomic mass is 9.97. The summed E-state index contributed by atoms with van der Waals surface area (Å²) in [4.78, 5) is 37.1. The molecule has 0 saturated carbocycles. The van der Waals surface area contributed by atoms with E-state index in [1.165, 1.54) is 4.90 Å². The number of fused-ring (bicyclic) bond motifs is 1. The second-order valence-electron chi connectivity index (χ2n) is 6.92. The van der Waals surface area contributed by atoms with Gasteiger partial charge in [0.1, 0.15) is 16.2 Å². The predicted octanol–water partition coefficient (Wildman–Crippen LogP) is 1.90. The predicted molar refractivity (Wildman–Crippen MR) is 85.3 cm³/mol. The molecule has 0 unspecified atom stereocenters. The Morgan fingerprint density at radius 2 is 1.91 bits per heavy atom. The van der Waals surface area contributed by atoms with E-state index in [4.69, 9.17) is 9.47 Å². The highest BCUT2D eigenvalue weighted by atomic mass is 79.9. The van der Waals surface area contributed by atoms with E-state index in [0.29, 0.717) is 0 Å². The number of amides is 1.